The van der Waals surface area contributed by atoms with E-state index in [2.05, 4.69) is 44.1 Å². The predicted octanol–water partition coefficient (Wildman–Crippen LogP) is 4.48. The zero-order chi connectivity index (χ0) is 20.5. The summed E-state index contributed by atoms with van der Waals surface area (Å²) in [4.78, 5) is 13.9. The summed E-state index contributed by atoms with van der Waals surface area (Å²) >= 11 is 0. The van der Waals surface area contributed by atoms with Crippen molar-refractivity contribution in [1.82, 2.24) is 19.4 Å². The van der Waals surface area contributed by atoms with Crippen molar-refractivity contribution in [2.24, 2.45) is 0 Å². The minimum absolute atomic E-state index is 0.172. The monoisotopic (exact) mass is 399 g/mol. The molecule has 0 unspecified atom stereocenters. The fourth-order valence-corrected chi connectivity index (χ4v) is 4.13. The van der Waals surface area contributed by atoms with Crippen LogP contribution in [0.2, 0.25) is 0 Å². The highest BCUT2D eigenvalue weighted by atomic mass is 16.3. The molecular weight excluding hydrogens is 374 g/mol. The Kier molecular flexibility index (Phi) is 4.93. The average molecular weight is 399 g/mol. The van der Waals surface area contributed by atoms with Crippen molar-refractivity contribution >= 4 is 11.6 Å². The predicted molar refractivity (Wildman–Crippen MR) is 118 cm³/mol. The number of hydrogen-bond donors (Lipinski definition) is 2. The van der Waals surface area contributed by atoms with Crippen molar-refractivity contribution in [3.63, 3.8) is 0 Å². The molecular formula is C24H25N5O. The number of aliphatic hydroxyl groups excluding tert-OH is 1. The fraction of sp³-hybridized carbons (Fsp3) is 0.292. The summed E-state index contributed by atoms with van der Waals surface area (Å²) in [5.41, 5.74) is 6.02. The molecule has 2 N–H and O–H groups in total. The Balaban J connectivity index is 1.50. The topological polar surface area (TPSA) is 75.3 Å². The Morgan fingerprint density at radius 3 is 2.53 bits per heavy atom. The van der Waals surface area contributed by atoms with Crippen LogP contribution in [0.4, 0.5) is 5.95 Å². The van der Waals surface area contributed by atoms with Crippen molar-refractivity contribution < 1.29 is 5.11 Å². The van der Waals surface area contributed by atoms with E-state index < -0.39 is 0 Å². The number of rotatable bonds is 4. The van der Waals surface area contributed by atoms with Crippen LogP contribution < -0.4 is 5.32 Å². The van der Waals surface area contributed by atoms with Crippen LogP contribution in [0.25, 0.3) is 28.2 Å². The number of aliphatic hydroxyl groups is 1. The maximum Gasteiger partial charge on any atom is 0.223 e. The lowest BCUT2D eigenvalue weighted by Gasteiger charge is -2.26. The van der Waals surface area contributed by atoms with Crippen molar-refractivity contribution in [2.45, 2.75) is 44.8 Å². The molecule has 1 fully saturated rings. The average Bonchev–Trinajstić information content (AvgIpc) is 3.20. The molecule has 0 saturated heterocycles. The van der Waals surface area contributed by atoms with Crippen molar-refractivity contribution in [3.8, 4) is 22.5 Å². The van der Waals surface area contributed by atoms with Gasteiger partial charge in [0.05, 0.1) is 23.7 Å². The highest BCUT2D eigenvalue weighted by Gasteiger charge is 2.20. The summed E-state index contributed by atoms with van der Waals surface area (Å²) in [6.45, 7) is 2.02. The Bertz CT molecular complexity index is 1160. The first kappa shape index (κ1) is 18.8. The molecule has 4 aromatic rings. The van der Waals surface area contributed by atoms with Gasteiger partial charge in [-0.3, -0.25) is 4.40 Å². The van der Waals surface area contributed by atoms with Gasteiger partial charge in [0.1, 0.15) is 5.65 Å². The summed E-state index contributed by atoms with van der Waals surface area (Å²) in [5, 5.41) is 13.2. The van der Waals surface area contributed by atoms with E-state index in [9.17, 15) is 5.11 Å². The van der Waals surface area contributed by atoms with Gasteiger partial charge in [-0.2, -0.15) is 0 Å². The van der Waals surface area contributed by atoms with Crippen molar-refractivity contribution in [1.29, 1.82) is 0 Å². The number of imidazole rings is 1. The normalized spacial score (nSPS) is 19.1. The Hall–Kier alpha value is -3.25. The van der Waals surface area contributed by atoms with Crippen LogP contribution in [0.3, 0.4) is 0 Å². The van der Waals surface area contributed by atoms with Gasteiger partial charge in [0.2, 0.25) is 5.95 Å². The molecule has 6 nitrogen and oxygen atoms in total. The second kappa shape index (κ2) is 7.88. The summed E-state index contributed by atoms with van der Waals surface area (Å²) < 4.78 is 2.10. The lowest BCUT2D eigenvalue weighted by Crippen LogP contribution is -2.29. The third-order valence-corrected chi connectivity index (χ3v) is 5.86. The lowest BCUT2D eigenvalue weighted by atomic mass is 9.93. The molecule has 0 spiro atoms. The molecule has 0 amide bonds. The first-order valence-electron chi connectivity index (χ1n) is 10.5. The SMILES string of the molecule is Cc1cnc(N[C@H]2CC[C@H](O)CC2)nc1-c1cnc2ccc(-c3ccccc3)cn12. The number of anilines is 1. The maximum absolute atomic E-state index is 9.74. The molecule has 3 heterocycles. The number of hydrogen-bond acceptors (Lipinski definition) is 5. The number of fused-ring (bicyclic) bond motifs is 1. The molecule has 6 heteroatoms. The van der Waals surface area contributed by atoms with Crippen molar-refractivity contribution in [2.75, 3.05) is 5.32 Å². The summed E-state index contributed by atoms with van der Waals surface area (Å²) in [7, 11) is 0. The molecule has 1 aromatic carbocycles. The minimum Gasteiger partial charge on any atom is -0.393 e. The molecule has 30 heavy (non-hydrogen) atoms. The van der Waals surface area contributed by atoms with E-state index in [-0.39, 0.29) is 6.10 Å². The van der Waals surface area contributed by atoms with E-state index in [1.54, 1.807) is 0 Å². The van der Waals surface area contributed by atoms with Gasteiger partial charge in [-0.15, -0.1) is 0 Å². The number of benzene rings is 1. The molecule has 5 rings (SSSR count). The summed E-state index contributed by atoms with van der Waals surface area (Å²) in [6.07, 6.45) is 9.20. The van der Waals surface area contributed by atoms with Crippen LogP contribution in [0.1, 0.15) is 31.2 Å². The molecule has 152 valence electrons. The molecule has 0 radical (unpaired) electrons. The van der Waals surface area contributed by atoms with Gasteiger partial charge in [-0.1, -0.05) is 30.3 Å². The van der Waals surface area contributed by atoms with Gasteiger partial charge in [-0.05, 0) is 61.4 Å². The van der Waals surface area contributed by atoms with Gasteiger partial charge in [0.25, 0.3) is 0 Å². The number of pyridine rings is 1. The zero-order valence-corrected chi connectivity index (χ0v) is 17.0. The van der Waals surface area contributed by atoms with Gasteiger partial charge >= 0.3 is 0 Å². The third kappa shape index (κ3) is 3.66. The molecule has 1 saturated carbocycles. The highest BCUT2D eigenvalue weighted by Crippen LogP contribution is 2.27. The Morgan fingerprint density at radius 2 is 1.73 bits per heavy atom. The van der Waals surface area contributed by atoms with E-state index >= 15 is 0 Å². The number of nitrogens with zero attached hydrogens (tertiary/aromatic N) is 4. The molecule has 1 aliphatic rings. The smallest absolute Gasteiger partial charge is 0.223 e. The maximum atomic E-state index is 9.74. The number of aromatic nitrogens is 4. The number of aryl methyl sites for hydroxylation is 1. The Morgan fingerprint density at radius 1 is 0.933 bits per heavy atom. The van der Waals surface area contributed by atoms with Crippen LogP contribution in [-0.2, 0) is 0 Å². The molecule has 0 bridgehead atoms. The van der Waals surface area contributed by atoms with E-state index in [0.29, 0.717) is 12.0 Å². The molecule has 3 aromatic heterocycles. The number of nitrogens with one attached hydrogen (secondary N) is 1. The van der Waals surface area contributed by atoms with Crippen LogP contribution in [-0.4, -0.2) is 36.6 Å². The first-order chi connectivity index (χ1) is 14.7. The summed E-state index contributed by atoms with van der Waals surface area (Å²) in [5.74, 6) is 0.631. The van der Waals surface area contributed by atoms with Crippen LogP contribution >= 0.6 is 0 Å². The quantitative estimate of drug-likeness (QED) is 0.529. The highest BCUT2D eigenvalue weighted by molar-refractivity contribution is 5.69. The van der Waals surface area contributed by atoms with Gasteiger partial charge in [-0.25, -0.2) is 15.0 Å². The fourth-order valence-electron chi connectivity index (χ4n) is 4.13. The van der Waals surface area contributed by atoms with E-state index in [4.69, 9.17) is 4.98 Å². The second-order valence-electron chi connectivity index (χ2n) is 8.03. The third-order valence-electron chi connectivity index (χ3n) is 5.86. The molecule has 0 atom stereocenters. The van der Waals surface area contributed by atoms with E-state index in [1.807, 2.05) is 43.6 Å². The van der Waals surface area contributed by atoms with Gasteiger partial charge in [0.15, 0.2) is 0 Å². The largest absolute Gasteiger partial charge is 0.393 e. The second-order valence-corrected chi connectivity index (χ2v) is 8.03. The van der Waals surface area contributed by atoms with Crippen LogP contribution in [0.5, 0.6) is 0 Å². The van der Waals surface area contributed by atoms with Gasteiger partial charge in [0, 0.05) is 18.4 Å². The zero-order valence-electron chi connectivity index (χ0n) is 17.0. The lowest BCUT2D eigenvalue weighted by molar-refractivity contribution is 0.126. The van der Waals surface area contributed by atoms with Crippen molar-refractivity contribution in [3.05, 3.63) is 66.6 Å². The van der Waals surface area contributed by atoms with E-state index in [0.717, 1.165) is 53.8 Å². The molecule has 1 aliphatic carbocycles. The van der Waals surface area contributed by atoms with Gasteiger partial charge < -0.3 is 10.4 Å². The van der Waals surface area contributed by atoms with E-state index in [1.165, 1.54) is 5.56 Å². The molecule has 0 aliphatic heterocycles. The summed E-state index contributed by atoms with van der Waals surface area (Å²) in [6, 6.07) is 14.8. The Labute approximate surface area is 175 Å². The van der Waals surface area contributed by atoms with Crippen LogP contribution in [0, 0.1) is 6.92 Å². The standard InChI is InChI=1S/C24H25N5O/c1-16-13-26-24(27-19-8-10-20(30)11-9-19)28-23(16)21-14-25-22-12-7-18(15-29(21)22)17-5-3-2-4-6-17/h2-7,12-15,19-20,30H,8-11H2,1H3,(H,26,27,28)/t19-,20-. The van der Waals surface area contributed by atoms with Crippen LogP contribution in [0.15, 0.2) is 61.1 Å². The minimum atomic E-state index is -0.172. The first-order valence-corrected chi connectivity index (χ1v) is 10.5.